The van der Waals surface area contributed by atoms with Crippen molar-refractivity contribution in [3.8, 4) is 0 Å². The molecule has 1 aromatic carbocycles. The molecule has 0 aliphatic heterocycles. The fourth-order valence-corrected chi connectivity index (χ4v) is 2.91. The second-order valence-corrected chi connectivity index (χ2v) is 6.68. The van der Waals surface area contributed by atoms with Gasteiger partial charge < -0.3 is 20.7 Å². The summed E-state index contributed by atoms with van der Waals surface area (Å²) in [4.78, 5) is 28.7. The zero-order valence-corrected chi connectivity index (χ0v) is 15.5. The highest BCUT2D eigenvalue weighted by Gasteiger charge is 2.34. The van der Waals surface area contributed by atoms with Gasteiger partial charge in [0.15, 0.2) is 0 Å². The van der Waals surface area contributed by atoms with Crippen molar-refractivity contribution in [3.63, 3.8) is 0 Å². The van der Waals surface area contributed by atoms with Gasteiger partial charge in [-0.2, -0.15) is 0 Å². The molecular weight excluding hydrogens is 344 g/mol. The number of ether oxygens (including phenoxy) is 1. The monoisotopic (exact) mass is 368 g/mol. The number of benzene rings is 1. The zero-order chi connectivity index (χ0) is 19.2. The molecule has 0 spiro atoms. The minimum Gasteiger partial charge on any atom is -0.375 e. The van der Waals surface area contributed by atoms with E-state index in [1.165, 1.54) is 7.11 Å². The van der Waals surface area contributed by atoms with E-state index in [2.05, 4.69) is 20.9 Å². The number of carbonyl (C=O) groups excluding carboxylic acids is 2. The number of amides is 3. The maximum absolute atomic E-state index is 12.5. The Morgan fingerprint density at radius 3 is 2.52 bits per heavy atom. The average molecular weight is 368 g/mol. The molecule has 2 aromatic rings. The van der Waals surface area contributed by atoms with Crippen LogP contribution in [-0.2, 0) is 9.53 Å². The molecule has 3 N–H and O–H groups in total. The fraction of sp³-hybridized carbons (Fsp3) is 0.350. The summed E-state index contributed by atoms with van der Waals surface area (Å²) in [5.41, 5.74) is 3.00. The predicted molar refractivity (Wildman–Crippen MR) is 104 cm³/mol. The Balaban J connectivity index is 1.63. The van der Waals surface area contributed by atoms with E-state index in [1.807, 2.05) is 25.1 Å². The Kier molecular flexibility index (Phi) is 6.03. The van der Waals surface area contributed by atoms with Gasteiger partial charge in [0.25, 0.3) is 0 Å². The van der Waals surface area contributed by atoms with E-state index >= 15 is 0 Å². The van der Waals surface area contributed by atoms with Gasteiger partial charge in [0.2, 0.25) is 5.91 Å². The van der Waals surface area contributed by atoms with Gasteiger partial charge in [0, 0.05) is 24.2 Å². The van der Waals surface area contributed by atoms with Crippen LogP contribution in [0.1, 0.15) is 30.3 Å². The predicted octanol–water partition coefficient (Wildman–Crippen LogP) is 3.25. The van der Waals surface area contributed by atoms with Crippen LogP contribution in [0.3, 0.4) is 0 Å². The van der Waals surface area contributed by atoms with Crippen molar-refractivity contribution in [2.24, 2.45) is 5.92 Å². The van der Waals surface area contributed by atoms with Crippen LogP contribution in [0, 0.1) is 12.8 Å². The normalized spacial score (nSPS) is 14.3. The van der Waals surface area contributed by atoms with Crippen LogP contribution in [0.4, 0.5) is 16.2 Å². The molecule has 0 bridgehead atoms. The van der Waals surface area contributed by atoms with E-state index in [9.17, 15) is 9.59 Å². The lowest BCUT2D eigenvalue weighted by Crippen LogP contribution is -2.34. The van der Waals surface area contributed by atoms with Crippen LogP contribution in [0.15, 0.2) is 42.5 Å². The third kappa shape index (κ3) is 5.52. The van der Waals surface area contributed by atoms with Crippen molar-refractivity contribution < 1.29 is 14.3 Å². The third-order valence-corrected chi connectivity index (χ3v) is 4.29. The molecule has 1 aromatic heterocycles. The highest BCUT2D eigenvalue weighted by molar-refractivity contribution is 5.94. The Morgan fingerprint density at radius 2 is 1.85 bits per heavy atom. The molecule has 0 radical (unpaired) electrons. The second-order valence-electron chi connectivity index (χ2n) is 6.68. The molecule has 27 heavy (non-hydrogen) atoms. The first-order valence-corrected chi connectivity index (χ1v) is 8.95. The lowest BCUT2D eigenvalue weighted by molar-refractivity contribution is -0.119. The molecule has 3 amide bonds. The quantitative estimate of drug-likeness (QED) is 0.699. The minimum absolute atomic E-state index is 0.0231. The SMILES string of the molecule is COCC(=O)Nc1cccc(NC(=O)N[C@@H](c2cccc(C)n2)C2CC2)c1. The lowest BCUT2D eigenvalue weighted by atomic mass is 10.1. The van der Waals surface area contributed by atoms with E-state index < -0.39 is 0 Å². The zero-order valence-electron chi connectivity index (χ0n) is 15.5. The molecule has 0 saturated heterocycles. The molecule has 1 saturated carbocycles. The first-order valence-electron chi connectivity index (χ1n) is 8.95. The summed E-state index contributed by atoms with van der Waals surface area (Å²) in [6.07, 6.45) is 2.17. The average Bonchev–Trinajstić information content (AvgIpc) is 3.45. The van der Waals surface area contributed by atoms with Crippen LogP contribution in [-0.4, -0.2) is 30.6 Å². The molecule has 1 aliphatic carbocycles. The Bertz CT molecular complexity index is 820. The molecule has 1 heterocycles. The van der Waals surface area contributed by atoms with Crippen LogP contribution in [0.5, 0.6) is 0 Å². The van der Waals surface area contributed by atoms with E-state index in [0.717, 1.165) is 24.2 Å². The summed E-state index contributed by atoms with van der Waals surface area (Å²) in [5, 5.41) is 8.57. The standard InChI is InChI=1S/C20H24N4O3/c1-13-5-3-8-17(21-13)19(14-9-10-14)24-20(26)23-16-7-4-6-15(11-16)22-18(25)12-27-2/h3-8,11,14,19H,9-10,12H2,1-2H3,(H,22,25)(H2,23,24,26)/t19-/m1/s1. The first-order chi connectivity index (χ1) is 13.0. The molecule has 142 valence electrons. The van der Waals surface area contributed by atoms with E-state index in [4.69, 9.17) is 4.74 Å². The number of urea groups is 1. The number of hydrogen-bond acceptors (Lipinski definition) is 4. The van der Waals surface area contributed by atoms with Crippen molar-refractivity contribution >= 4 is 23.3 Å². The number of nitrogens with zero attached hydrogens (tertiary/aromatic N) is 1. The van der Waals surface area contributed by atoms with Gasteiger partial charge in [-0.15, -0.1) is 0 Å². The van der Waals surface area contributed by atoms with Crippen LogP contribution in [0.25, 0.3) is 0 Å². The number of hydrogen-bond donors (Lipinski definition) is 3. The molecular formula is C20H24N4O3. The van der Waals surface area contributed by atoms with Crippen molar-refractivity contribution in [3.05, 3.63) is 53.9 Å². The van der Waals surface area contributed by atoms with Gasteiger partial charge in [0.1, 0.15) is 6.61 Å². The number of carbonyl (C=O) groups is 2. The van der Waals surface area contributed by atoms with Gasteiger partial charge in [-0.1, -0.05) is 12.1 Å². The second kappa shape index (κ2) is 8.64. The van der Waals surface area contributed by atoms with E-state index in [1.54, 1.807) is 24.3 Å². The molecule has 7 nitrogen and oxygen atoms in total. The van der Waals surface area contributed by atoms with Crippen molar-refractivity contribution in [1.29, 1.82) is 0 Å². The molecule has 1 fully saturated rings. The Labute approximate surface area is 158 Å². The third-order valence-electron chi connectivity index (χ3n) is 4.29. The maximum Gasteiger partial charge on any atom is 0.319 e. The molecule has 7 heteroatoms. The lowest BCUT2D eigenvalue weighted by Gasteiger charge is -2.19. The van der Waals surface area contributed by atoms with Crippen molar-refractivity contribution in [1.82, 2.24) is 10.3 Å². The van der Waals surface area contributed by atoms with Gasteiger partial charge in [0.05, 0.1) is 11.7 Å². The van der Waals surface area contributed by atoms with Crippen LogP contribution in [0.2, 0.25) is 0 Å². The maximum atomic E-state index is 12.5. The summed E-state index contributed by atoms with van der Waals surface area (Å²) in [7, 11) is 1.46. The number of nitrogens with one attached hydrogen (secondary N) is 3. The molecule has 3 rings (SSSR count). The van der Waals surface area contributed by atoms with Crippen LogP contribution < -0.4 is 16.0 Å². The van der Waals surface area contributed by atoms with Gasteiger partial charge >= 0.3 is 6.03 Å². The van der Waals surface area contributed by atoms with E-state index in [-0.39, 0.29) is 24.6 Å². The summed E-state index contributed by atoms with van der Waals surface area (Å²) < 4.78 is 4.80. The number of rotatable bonds is 7. The Morgan fingerprint density at radius 1 is 1.15 bits per heavy atom. The minimum atomic E-state index is -0.296. The van der Waals surface area contributed by atoms with E-state index in [0.29, 0.717) is 17.3 Å². The highest BCUT2D eigenvalue weighted by atomic mass is 16.5. The van der Waals surface area contributed by atoms with Crippen molar-refractivity contribution in [2.45, 2.75) is 25.8 Å². The van der Waals surface area contributed by atoms with Crippen LogP contribution >= 0.6 is 0 Å². The topological polar surface area (TPSA) is 92.4 Å². The highest BCUT2D eigenvalue weighted by Crippen LogP contribution is 2.40. The number of pyridine rings is 1. The largest absolute Gasteiger partial charge is 0.375 e. The van der Waals surface area contributed by atoms with Gasteiger partial charge in [-0.05, 0) is 56.0 Å². The Hall–Kier alpha value is -2.93. The number of anilines is 2. The van der Waals surface area contributed by atoms with Gasteiger partial charge in [-0.3, -0.25) is 9.78 Å². The van der Waals surface area contributed by atoms with Gasteiger partial charge in [-0.25, -0.2) is 4.79 Å². The fourth-order valence-electron chi connectivity index (χ4n) is 2.91. The number of aromatic nitrogens is 1. The summed E-state index contributed by atoms with van der Waals surface area (Å²) >= 11 is 0. The summed E-state index contributed by atoms with van der Waals surface area (Å²) in [5.74, 6) is 0.170. The molecule has 1 atom stereocenters. The first kappa shape index (κ1) is 18.8. The molecule has 0 unspecified atom stereocenters. The summed E-state index contributed by atoms with van der Waals surface area (Å²) in [6, 6.07) is 12.4. The smallest absolute Gasteiger partial charge is 0.319 e. The summed E-state index contributed by atoms with van der Waals surface area (Å²) in [6.45, 7) is 1.92. The molecule has 1 aliphatic rings. The van der Waals surface area contributed by atoms with Crippen molar-refractivity contribution in [2.75, 3.05) is 24.4 Å². The number of aryl methyl sites for hydroxylation is 1. The number of methoxy groups -OCH3 is 1.